The predicted octanol–water partition coefficient (Wildman–Crippen LogP) is 3.99. The Balaban J connectivity index is 3.75. The topological polar surface area (TPSA) is 20.3 Å². The number of Topliss-reactive ketones (excluding diaryl/α,β-unsaturated/α-hetero) is 1. The van der Waals surface area contributed by atoms with Crippen molar-refractivity contribution in [3.63, 3.8) is 0 Å². The molecule has 0 rings (SSSR count). The molecule has 17 heavy (non-hydrogen) atoms. The number of nitrogens with zero attached hydrogens (tertiary/aromatic N) is 1. The lowest BCUT2D eigenvalue weighted by atomic mass is 10.1. The van der Waals surface area contributed by atoms with Crippen molar-refractivity contribution in [1.82, 2.24) is 4.90 Å². The molecule has 2 nitrogen and oxygen atoms in total. The van der Waals surface area contributed by atoms with Crippen molar-refractivity contribution in [2.45, 2.75) is 52.9 Å². The largest absolute Gasteiger partial charge is 0.303 e. The van der Waals surface area contributed by atoms with Crippen molar-refractivity contribution in [2.24, 2.45) is 0 Å². The number of ketones is 1. The van der Waals surface area contributed by atoms with Gasteiger partial charge in [0.05, 0.1) is 0 Å². The van der Waals surface area contributed by atoms with Crippen molar-refractivity contribution in [3.8, 4) is 0 Å². The van der Waals surface area contributed by atoms with E-state index in [2.05, 4.69) is 18.7 Å². The third kappa shape index (κ3) is 10.5. The first-order valence-electron chi connectivity index (χ1n) is 6.66. The van der Waals surface area contributed by atoms with Gasteiger partial charge >= 0.3 is 0 Å². The van der Waals surface area contributed by atoms with E-state index in [4.69, 9.17) is 11.6 Å². The summed E-state index contributed by atoms with van der Waals surface area (Å²) in [5.74, 6) is 0.344. The number of rotatable bonds is 10. The van der Waals surface area contributed by atoms with E-state index in [9.17, 15) is 4.79 Å². The second kappa shape index (κ2) is 10.8. The van der Waals surface area contributed by atoms with Crippen molar-refractivity contribution in [2.75, 3.05) is 19.6 Å². The van der Waals surface area contributed by atoms with Crippen LogP contribution in [0.2, 0.25) is 0 Å². The molecule has 0 aliphatic carbocycles. The first kappa shape index (κ1) is 16.7. The van der Waals surface area contributed by atoms with E-state index in [1.807, 2.05) is 13.0 Å². The highest BCUT2D eigenvalue weighted by Crippen LogP contribution is 2.05. The first-order valence-corrected chi connectivity index (χ1v) is 7.04. The second-order valence-electron chi connectivity index (χ2n) is 4.46. The molecule has 0 fully saturated rings. The predicted molar refractivity (Wildman–Crippen MR) is 75.5 cm³/mol. The minimum absolute atomic E-state index is 0.344. The van der Waals surface area contributed by atoms with E-state index < -0.39 is 0 Å². The number of hydrogen-bond acceptors (Lipinski definition) is 2. The van der Waals surface area contributed by atoms with Crippen molar-refractivity contribution < 1.29 is 4.79 Å². The molecule has 0 bridgehead atoms. The Morgan fingerprint density at radius 1 is 1.12 bits per heavy atom. The summed E-state index contributed by atoms with van der Waals surface area (Å²) in [4.78, 5) is 14.0. The lowest BCUT2D eigenvalue weighted by molar-refractivity contribution is -0.119. The van der Waals surface area contributed by atoms with Crippen LogP contribution in [0.15, 0.2) is 11.1 Å². The molecule has 0 saturated carbocycles. The molecule has 0 heterocycles. The van der Waals surface area contributed by atoms with E-state index >= 15 is 0 Å². The molecular formula is C14H26ClNO. The zero-order valence-corrected chi connectivity index (χ0v) is 12.2. The van der Waals surface area contributed by atoms with Crippen LogP contribution >= 0.6 is 11.6 Å². The Bertz CT molecular complexity index is 228. The van der Waals surface area contributed by atoms with Crippen LogP contribution in [0.4, 0.5) is 0 Å². The van der Waals surface area contributed by atoms with Gasteiger partial charge in [0.25, 0.3) is 0 Å². The molecule has 0 atom stereocenters. The SMILES string of the molecule is CCCN(CCC)CCC(=O)CCC=C(C)Cl. The molecule has 0 spiro atoms. The Morgan fingerprint density at radius 3 is 2.18 bits per heavy atom. The molecular weight excluding hydrogens is 234 g/mol. The highest BCUT2D eigenvalue weighted by atomic mass is 35.5. The molecule has 0 amide bonds. The van der Waals surface area contributed by atoms with Crippen LogP contribution in [0.5, 0.6) is 0 Å². The Morgan fingerprint density at radius 2 is 1.71 bits per heavy atom. The summed E-state index contributed by atoms with van der Waals surface area (Å²) >= 11 is 5.71. The van der Waals surface area contributed by atoms with Crippen LogP contribution < -0.4 is 0 Å². The van der Waals surface area contributed by atoms with Crippen LogP contribution in [0.25, 0.3) is 0 Å². The maximum atomic E-state index is 11.6. The van der Waals surface area contributed by atoms with Gasteiger partial charge in [0.2, 0.25) is 0 Å². The Hall–Kier alpha value is -0.340. The molecule has 0 saturated heterocycles. The average molecular weight is 260 g/mol. The van der Waals surface area contributed by atoms with E-state index in [0.717, 1.165) is 43.9 Å². The van der Waals surface area contributed by atoms with E-state index in [1.54, 1.807) is 0 Å². The summed E-state index contributed by atoms with van der Waals surface area (Å²) in [6.45, 7) is 9.31. The first-order chi connectivity index (χ1) is 8.10. The van der Waals surface area contributed by atoms with Crippen LogP contribution in [-0.4, -0.2) is 30.3 Å². The quantitative estimate of drug-likeness (QED) is 0.591. The minimum atomic E-state index is 0.344. The fourth-order valence-electron chi connectivity index (χ4n) is 1.81. The molecule has 0 aliphatic heterocycles. The average Bonchev–Trinajstić information content (AvgIpc) is 2.26. The summed E-state index contributed by atoms with van der Waals surface area (Å²) in [6, 6.07) is 0. The fourth-order valence-corrected chi connectivity index (χ4v) is 1.92. The molecule has 3 heteroatoms. The molecule has 0 unspecified atom stereocenters. The zero-order chi connectivity index (χ0) is 13.1. The number of hydrogen-bond donors (Lipinski definition) is 0. The number of allylic oxidation sites excluding steroid dienone is 2. The summed E-state index contributed by atoms with van der Waals surface area (Å²) < 4.78 is 0. The summed E-state index contributed by atoms with van der Waals surface area (Å²) in [5.41, 5.74) is 0. The van der Waals surface area contributed by atoms with Crippen molar-refractivity contribution >= 4 is 17.4 Å². The Labute approximate surface area is 111 Å². The van der Waals surface area contributed by atoms with Gasteiger partial charge in [-0.2, -0.15) is 0 Å². The zero-order valence-electron chi connectivity index (χ0n) is 11.5. The molecule has 0 aliphatic rings. The Kier molecular flexibility index (Phi) is 10.6. The van der Waals surface area contributed by atoms with Crippen LogP contribution in [-0.2, 0) is 4.79 Å². The summed E-state index contributed by atoms with van der Waals surface area (Å²) in [5, 5.41) is 0.774. The molecule has 0 radical (unpaired) electrons. The maximum Gasteiger partial charge on any atom is 0.134 e. The van der Waals surface area contributed by atoms with Crippen LogP contribution in [0.3, 0.4) is 0 Å². The van der Waals surface area contributed by atoms with Gasteiger partial charge in [-0.15, -0.1) is 0 Å². The molecule has 100 valence electrons. The molecule has 0 aromatic rings. The standard InChI is InChI=1S/C14H26ClNO/c1-4-10-16(11-5-2)12-9-14(17)8-6-7-13(3)15/h7H,4-6,8-12H2,1-3H3. The van der Waals surface area contributed by atoms with Gasteiger partial charge in [-0.3, -0.25) is 4.79 Å². The number of carbonyl (C=O) groups excluding carboxylic acids is 1. The minimum Gasteiger partial charge on any atom is -0.303 e. The van der Waals surface area contributed by atoms with Gasteiger partial charge in [-0.1, -0.05) is 31.5 Å². The monoisotopic (exact) mass is 259 g/mol. The lowest BCUT2D eigenvalue weighted by Gasteiger charge is -2.20. The summed E-state index contributed by atoms with van der Waals surface area (Å²) in [6.07, 6.45) is 6.29. The smallest absolute Gasteiger partial charge is 0.134 e. The van der Waals surface area contributed by atoms with E-state index in [1.165, 1.54) is 0 Å². The van der Waals surface area contributed by atoms with Gasteiger partial charge < -0.3 is 4.90 Å². The third-order valence-electron chi connectivity index (χ3n) is 2.64. The highest BCUT2D eigenvalue weighted by Gasteiger charge is 2.06. The third-order valence-corrected chi connectivity index (χ3v) is 2.79. The van der Waals surface area contributed by atoms with Crippen LogP contribution in [0.1, 0.15) is 52.9 Å². The van der Waals surface area contributed by atoms with Gasteiger partial charge in [0.1, 0.15) is 5.78 Å². The van der Waals surface area contributed by atoms with E-state index in [-0.39, 0.29) is 0 Å². The van der Waals surface area contributed by atoms with Gasteiger partial charge in [-0.05, 0) is 39.3 Å². The molecule has 0 aromatic heterocycles. The lowest BCUT2D eigenvalue weighted by Crippen LogP contribution is -2.28. The van der Waals surface area contributed by atoms with Crippen LogP contribution in [0, 0.1) is 0 Å². The highest BCUT2D eigenvalue weighted by molar-refractivity contribution is 6.29. The molecule has 0 N–H and O–H groups in total. The molecule has 0 aromatic carbocycles. The van der Waals surface area contributed by atoms with Crippen molar-refractivity contribution in [1.29, 1.82) is 0 Å². The van der Waals surface area contributed by atoms with Crippen molar-refractivity contribution in [3.05, 3.63) is 11.1 Å². The van der Waals surface area contributed by atoms with Gasteiger partial charge in [0, 0.05) is 24.4 Å². The maximum absolute atomic E-state index is 11.6. The van der Waals surface area contributed by atoms with E-state index in [0.29, 0.717) is 18.6 Å². The second-order valence-corrected chi connectivity index (χ2v) is 5.06. The van der Waals surface area contributed by atoms with Gasteiger partial charge in [0.15, 0.2) is 0 Å². The summed E-state index contributed by atoms with van der Waals surface area (Å²) in [7, 11) is 0. The number of halogens is 1. The number of carbonyl (C=O) groups is 1. The normalized spacial score (nSPS) is 12.2. The fraction of sp³-hybridized carbons (Fsp3) is 0.786. The van der Waals surface area contributed by atoms with Gasteiger partial charge in [-0.25, -0.2) is 0 Å².